The molecule has 2 heterocycles. The lowest BCUT2D eigenvalue weighted by Gasteiger charge is -2.33. The Morgan fingerprint density at radius 2 is 2.11 bits per heavy atom. The number of nitrogens with zero attached hydrogens (tertiary/aromatic N) is 1. The standard InChI is InChI=1S/C18H19N3O5S/c1-5-25-14(22)13-10(3)19-17(27-13)21-16(24)18(4)15(23)20-11-8-9(2)6-7-12(11)26-18/h6-8H,5H2,1-4H3,(H,20,23)(H,19,21,24). The first-order valence-corrected chi connectivity index (χ1v) is 9.13. The molecular formula is C18H19N3O5S. The second-order valence-electron chi connectivity index (χ2n) is 6.20. The van der Waals surface area contributed by atoms with Crippen LogP contribution in [-0.4, -0.2) is 35.0 Å². The maximum atomic E-state index is 12.7. The number of aryl methyl sites for hydroxylation is 2. The largest absolute Gasteiger partial charge is 0.466 e. The van der Waals surface area contributed by atoms with E-state index in [9.17, 15) is 14.4 Å². The normalized spacial score (nSPS) is 18.1. The van der Waals surface area contributed by atoms with Gasteiger partial charge >= 0.3 is 5.97 Å². The first-order valence-electron chi connectivity index (χ1n) is 8.31. The molecular weight excluding hydrogens is 370 g/mol. The van der Waals surface area contributed by atoms with Crippen molar-refractivity contribution in [3.05, 3.63) is 34.3 Å². The summed E-state index contributed by atoms with van der Waals surface area (Å²) < 4.78 is 10.7. The predicted octanol–water partition coefficient (Wildman–Crippen LogP) is 2.66. The average molecular weight is 389 g/mol. The number of nitrogens with one attached hydrogen (secondary N) is 2. The Hall–Kier alpha value is -2.94. The fraction of sp³-hybridized carbons (Fsp3) is 0.333. The van der Waals surface area contributed by atoms with Gasteiger partial charge in [0, 0.05) is 0 Å². The van der Waals surface area contributed by atoms with Gasteiger partial charge in [-0.15, -0.1) is 0 Å². The summed E-state index contributed by atoms with van der Waals surface area (Å²) in [5.74, 6) is -1.37. The van der Waals surface area contributed by atoms with E-state index in [0.29, 0.717) is 22.0 Å². The zero-order chi connectivity index (χ0) is 19.8. The van der Waals surface area contributed by atoms with Crippen molar-refractivity contribution in [1.29, 1.82) is 0 Å². The van der Waals surface area contributed by atoms with Crippen LogP contribution in [0.1, 0.15) is 34.8 Å². The predicted molar refractivity (Wildman–Crippen MR) is 100 cm³/mol. The van der Waals surface area contributed by atoms with Crippen molar-refractivity contribution in [3.63, 3.8) is 0 Å². The number of fused-ring (bicyclic) bond motifs is 1. The topological polar surface area (TPSA) is 107 Å². The summed E-state index contributed by atoms with van der Waals surface area (Å²) >= 11 is 0.983. The van der Waals surface area contributed by atoms with Crippen LogP contribution in [0.3, 0.4) is 0 Å². The second kappa shape index (κ2) is 6.99. The molecule has 1 atom stereocenters. The Kier molecular flexibility index (Phi) is 4.88. The maximum Gasteiger partial charge on any atom is 0.350 e. The van der Waals surface area contributed by atoms with Gasteiger partial charge in [0.15, 0.2) is 5.13 Å². The molecule has 1 aromatic heterocycles. The molecule has 0 fully saturated rings. The monoisotopic (exact) mass is 389 g/mol. The number of amides is 2. The smallest absolute Gasteiger partial charge is 0.350 e. The molecule has 1 aliphatic rings. The molecule has 1 aromatic carbocycles. The maximum absolute atomic E-state index is 12.7. The number of esters is 1. The molecule has 0 saturated carbocycles. The zero-order valence-corrected chi connectivity index (χ0v) is 16.2. The molecule has 142 valence electrons. The third-order valence-corrected chi connectivity index (χ3v) is 5.09. The third-order valence-electron chi connectivity index (χ3n) is 4.04. The molecule has 0 aliphatic carbocycles. The summed E-state index contributed by atoms with van der Waals surface area (Å²) in [4.78, 5) is 41.6. The molecule has 1 aliphatic heterocycles. The van der Waals surface area contributed by atoms with E-state index < -0.39 is 23.4 Å². The van der Waals surface area contributed by atoms with Crippen molar-refractivity contribution in [2.75, 3.05) is 17.2 Å². The summed E-state index contributed by atoms with van der Waals surface area (Å²) in [6, 6.07) is 5.28. The van der Waals surface area contributed by atoms with Crippen molar-refractivity contribution in [2.24, 2.45) is 0 Å². The average Bonchev–Trinajstić information content (AvgIpc) is 2.97. The number of ether oxygens (including phenoxy) is 2. The van der Waals surface area contributed by atoms with E-state index >= 15 is 0 Å². The van der Waals surface area contributed by atoms with E-state index in [0.717, 1.165) is 16.9 Å². The minimum absolute atomic E-state index is 0.188. The highest BCUT2D eigenvalue weighted by atomic mass is 32.1. The van der Waals surface area contributed by atoms with Crippen LogP contribution >= 0.6 is 11.3 Å². The summed E-state index contributed by atoms with van der Waals surface area (Å²) in [5, 5.41) is 5.44. The number of carbonyl (C=O) groups excluding carboxylic acids is 3. The SMILES string of the molecule is CCOC(=O)c1sc(NC(=O)C2(C)Oc3ccc(C)cc3NC2=O)nc1C. The molecule has 0 bridgehead atoms. The fourth-order valence-corrected chi connectivity index (χ4v) is 3.40. The number of hydrogen-bond donors (Lipinski definition) is 2. The van der Waals surface area contributed by atoms with Crippen molar-refractivity contribution >= 4 is 39.9 Å². The van der Waals surface area contributed by atoms with E-state index in [1.54, 1.807) is 26.0 Å². The van der Waals surface area contributed by atoms with E-state index in [-0.39, 0.29) is 11.7 Å². The second-order valence-corrected chi connectivity index (χ2v) is 7.20. The van der Waals surface area contributed by atoms with E-state index in [2.05, 4.69) is 15.6 Å². The molecule has 0 spiro atoms. The van der Waals surface area contributed by atoms with Crippen LogP contribution in [0, 0.1) is 13.8 Å². The number of benzene rings is 1. The van der Waals surface area contributed by atoms with Gasteiger partial charge in [-0.2, -0.15) is 0 Å². The van der Waals surface area contributed by atoms with E-state index in [4.69, 9.17) is 9.47 Å². The van der Waals surface area contributed by atoms with Gasteiger partial charge in [0.25, 0.3) is 17.4 Å². The molecule has 2 N–H and O–H groups in total. The lowest BCUT2D eigenvalue weighted by molar-refractivity contribution is -0.143. The Labute approximate surface area is 159 Å². The highest BCUT2D eigenvalue weighted by molar-refractivity contribution is 7.17. The summed E-state index contributed by atoms with van der Waals surface area (Å²) in [7, 11) is 0. The molecule has 0 radical (unpaired) electrons. The van der Waals surface area contributed by atoms with Gasteiger partial charge < -0.3 is 14.8 Å². The highest BCUT2D eigenvalue weighted by Gasteiger charge is 2.47. The Balaban J connectivity index is 1.81. The minimum Gasteiger partial charge on any atom is -0.466 e. The number of anilines is 2. The van der Waals surface area contributed by atoms with Crippen LogP contribution in [0.25, 0.3) is 0 Å². The molecule has 1 unspecified atom stereocenters. The van der Waals surface area contributed by atoms with Gasteiger partial charge in [0.1, 0.15) is 10.6 Å². The first-order chi connectivity index (χ1) is 12.7. The molecule has 3 rings (SSSR count). The summed E-state index contributed by atoms with van der Waals surface area (Å²) in [6.07, 6.45) is 0. The highest BCUT2D eigenvalue weighted by Crippen LogP contribution is 2.35. The Morgan fingerprint density at radius 1 is 1.37 bits per heavy atom. The van der Waals surface area contributed by atoms with Gasteiger partial charge in [-0.05, 0) is 45.4 Å². The number of thiazole rings is 1. The van der Waals surface area contributed by atoms with Gasteiger partial charge in [0.2, 0.25) is 0 Å². The van der Waals surface area contributed by atoms with Gasteiger partial charge in [0.05, 0.1) is 18.0 Å². The van der Waals surface area contributed by atoms with Crippen molar-refractivity contribution < 1.29 is 23.9 Å². The Bertz CT molecular complexity index is 939. The van der Waals surface area contributed by atoms with Crippen LogP contribution in [-0.2, 0) is 14.3 Å². The lowest BCUT2D eigenvalue weighted by Crippen LogP contribution is -2.56. The summed E-state index contributed by atoms with van der Waals surface area (Å²) in [6.45, 7) is 6.85. The molecule has 27 heavy (non-hydrogen) atoms. The number of aromatic nitrogens is 1. The quantitative estimate of drug-likeness (QED) is 0.615. The third kappa shape index (κ3) is 3.50. The first kappa shape index (κ1) is 18.8. The number of carbonyl (C=O) groups is 3. The Morgan fingerprint density at radius 3 is 2.81 bits per heavy atom. The minimum atomic E-state index is -1.77. The summed E-state index contributed by atoms with van der Waals surface area (Å²) in [5.41, 5.74) is 0.135. The van der Waals surface area contributed by atoms with Crippen LogP contribution in [0.4, 0.5) is 10.8 Å². The zero-order valence-electron chi connectivity index (χ0n) is 15.3. The van der Waals surface area contributed by atoms with Crippen molar-refractivity contribution in [3.8, 4) is 5.75 Å². The van der Waals surface area contributed by atoms with E-state index in [1.807, 2.05) is 13.0 Å². The fourth-order valence-electron chi connectivity index (χ4n) is 2.54. The van der Waals surface area contributed by atoms with Crippen LogP contribution in [0.2, 0.25) is 0 Å². The molecule has 2 aromatic rings. The van der Waals surface area contributed by atoms with Crippen LogP contribution in [0.15, 0.2) is 18.2 Å². The molecule has 0 saturated heterocycles. The van der Waals surface area contributed by atoms with Crippen molar-refractivity contribution in [2.45, 2.75) is 33.3 Å². The molecule has 9 heteroatoms. The molecule has 2 amide bonds. The lowest BCUT2D eigenvalue weighted by atomic mass is 10.0. The number of rotatable bonds is 4. The van der Waals surface area contributed by atoms with Gasteiger partial charge in [-0.1, -0.05) is 17.4 Å². The van der Waals surface area contributed by atoms with Crippen LogP contribution in [0.5, 0.6) is 5.75 Å². The number of hydrogen-bond acceptors (Lipinski definition) is 7. The van der Waals surface area contributed by atoms with Crippen molar-refractivity contribution in [1.82, 2.24) is 4.98 Å². The molecule has 8 nitrogen and oxygen atoms in total. The van der Waals surface area contributed by atoms with Crippen LogP contribution < -0.4 is 15.4 Å². The van der Waals surface area contributed by atoms with E-state index in [1.165, 1.54) is 6.92 Å². The van der Waals surface area contributed by atoms with Gasteiger partial charge in [-0.25, -0.2) is 9.78 Å². The van der Waals surface area contributed by atoms with Gasteiger partial charge in [-0.3, -0.25) is 14.9 Å².